The van der Waals surface area contributed by atoms with Crippen molar-refractivity contribution in [2.75, 3.05) is 7.11 Å². The Kier molecular flexibility index (Phi) is 3.80. The van der Waals surface area contributed by atoms with Crippen molar-refractivity contribution in [3.63, 3.8) is 0 Å². The van der Waals surface area contributed by atoms with E-state index in [4.69, 9.17) is 0 Å². The first-order valence-electron chi connectivity index (χ1n) is 4.49. The number of rotatable bonds is 3. The highest BCUT2D eigenvalue weighted by Gasteiger charge is 1.99. The lowest BCUT2D eigenvalue weighted by molar-refractivity contribution is -0.134. The molecule has 0 aliphatic carbocycles. The van der Waals surface area contributed by atoms with Gasteiger partial charge in [-0.05, 0) is 18.1 Å². The van der Waals surface area contributed by atoms with Crippen LogP contribution in [0, 0.1) is 0 Å². The number of esters is 1. The van der Waals surface area contributed by atoms with Crippen LogP contribution in [0.5, 0.6) is 0 Å². The van der Waals surface area contributed by atoms with Crippen LogP contribution in [0.2, 0.25) is 0 Å². The smallest absolute Gasteiger partial charge is 0.330 e. The molecule has 0 atom stereocenters. The topological polar surface area (TPSA) is 43.4 Å². The fourth-order valence-electron chi connectivity index (χ4n) is 1.14. The minimum absolute atomic E-state index is 0.382. The third-order valence-corrected chi connectivity index (χ3v) is 2.04. The summed E-state index contributed by atoms with van der Waals surface area (Å²) in [5.41, 5.74) is 2.31. The van der Waals surface area contributed by atoms with Crippen molar-refractivity contribution in [3.05, 3.63) is 41.5 Å². The van der Waals surface area contributed by atoms with Crippen molar-refractivity contribution in [2.45, 2.75) is 6.92 Å². The van der Waals surface area contributed by atoms with E-state index in [0.29, 0.717) is 5.56 Å². The molecule has 3 heteroatoms. The van der Waals surface area contributed by atoms with Crippen molar-refractivity contribution >= 4 is 17.8 Å². The molecule has 15 heavy (non-hydrogen) atoms. The molecular weight excluding hydrogens is 192 g/mol. The van der Waals surface area contributed by atoms with Crippen LogP contribution in [-0.4, -0.2) is 19.4 Å². The summed E-state index contributed by atoms with van der Waals surface area (Å²) < 4.78 is 4.52. The Hall–Kier alpha value is -1.90. The first-order valence-corrected chi connectivity index (χ1v) is 4.49. The summed E-state index contributed by atoms with van der Waals surface area (Å²) in [7, 11) is 1.33. The lowest BCUT2D eigenvalue weighted by Crippen LogP contribution is -1.95. The molecule has 0 N–H and O–H groups in total. The summed E-state index contributed by atoms with van der Waals surface area (Å²) in [4.78, 5) is 21.4. The highest BCUT2D eigenvalue weighted by molar-refractivity contribution is 5.91. The third-order valence-electron chi connectivity index (χ3n) is 2.04. The number of allylic oxidation sites excluding steroid dienone is 1. The number of ether oxygens (including phenoxy) is 1. The van der Waals surface area contributed by atoms with Crippen molar-refractivity contribution in [1.82, 2.24) is 0 Å². The maximum absolute atomic E-state index is 11.0. The van der Waals surface area contributed by atoms with Crippen LogP contribution < -0.4 is 0 Å². The molecule has 0 saturated heterocycles. The van der Waals surface area contributed by atoms with Gasteiger partial charge in [0, 0.05) is 11.6 Å². The van der Waals surface area contributed by atoms with Crippen LogP contribution in [0.15, 0.2) is 30.3 Å². The van der Waals surface area contributed by atoms with Crippen LogP contribution in [0.1, 0.15) is 22.8 Å². The Morgan fingerprint density at radius 3 is 2.33 bits per heavy atom. The third kappa shape index (κ3) is 3.06. The van der Waals surface area contributed by atoms with E-state index in [-0.39, 0.29) is 5.97 Å². The summed E-state index contributed by atoms with van der Waals surface area (Å²) in [6.07, 6.45) is 2.19. The van der Waals surface area contributed by atoms with Crippen LogP contribution in [0.25, 0.3) is 5.57 Å². The monoisotopic (exact) mass is 204 g/mol. The molecule has 78 valence electrons. The maximum Gasteiger partial charge on any atom is 0.330 e. The Morgan fingerprint density at radius 2 is 1.87 bits per heavy atom. The zero-order valence-corrected chi connectivity index (χ0v) is 8.69. The second-order valence-corrected chi connectivity index (χ2v) is 3.09. The second kappa shape index (κ2) is 5.10. The zero-order valence-electron chi connectivity index (χ0n) is 8.69. The molecule has 0 heterocycles. The summed E-state index contributed by atoms with van der Waals surface area (Å²) in [5.74, 6) is -0.382. The van der Waals surface area contributed by atoms with Crippen LogP contribution in [-0.2, 0) is 9.53 Å². The van der Waals surface area contributed by atoms with Gasteiger partial charge in [0.1, 0.15) is 6.29 Å². The number of carbonyl (C=O) groups excluding carboxylic acids is 2. The van der Waals surface area contributed by atoms with Gasteiger partial charge in [-0.15, -0.1) is 0 Å². The predicted molar refractivity (Wildman–Crippen MR) is 57.5 cm³/mol. The Morgan fingerprint density at radius 1 is 1.27 bits per heavy atom. The molecule has 0 radical (unpaired) electrons. The van der Waals surface area contributed by atoms with Gasteiger partial charge in [-0.25, -0.2) is 4.79 Å². The van der Waals surface area contributed by atoms with E-state index in [1.54, 1.807) is 24.3 Å². The first-order chi connectivity index (χ1) is 7.17. The minimum Gasteiger partial charge on any atom is -0.466 e. The summed E-state index contributed by atoms with van der Waals surface area (Å²) in [6.45, 7) is 1.81. The van der Waals surface area contributed by atoms with Gasteiger partial charge in [-0.2, -0.15) is 0 Å². The number of hydrogen-bond acceptors (Lipinski definition) is 3. The molecule has 0 aromatic heterocycles. The number of carbonyl (C=O) groups is 2. The molecule has 0 bridgehead atoms. The van der Waals surface area contributed by atoms with E-state index in [2.05, 4.69) is 4.74 Å². The van der Waals surface area contributed by atoms with Gasteiger partial charge in [0.25, 0.3) is 0 Å². The lowest BCUT2D eigenvalue weighted by Gasteiger charge is -2.01. The van der Waals surface area contributed by atoms with E-state index >= 15 is 0 Å². The molecule has 0 amide bonds. The molecule has 3 nitrogen and oxygen atoms in total. The van der Waals surface area contributed by atoms with Crippen LogP contribution >= 0.6 is 0 Å². The van der Waals surface area contributed by atoms with Gasteiger partial charge in [0.05, 0.1) is 7.11 Å². The lowest BCUT2D eigenvalue weighted by atomic mass is 10.1. The van der Waals surface area contributed by atoms with E-state index < -0.39 is 0 Å². The number of aldehydes is 1. The fraction of sp³-hybridized carbons (Fsp3) is 0.167. The quantitative estimate of drug-likeness (QED) is 0.430. The molecule has 1 aromatic rings. The Balaban J connectivity index is 2.91. The van der Waals surface area contributed by atoms with Gasteiger partial charge >= 0.3 is 5.97 Å². The minimum atomic E-state index is -0.382. The van der Waals surface area contributed by atoms with Crippen molar-refractivity contribution < 1.29 is 14.3 Å². The van der Waals surface area contributed by atoms with Gasteiger partial charge in [-0.1, -0.05) is 24.3 Å². The molecule has 0 saturated carbocycles. The maximum atomic E-state index is 11.0. The van der Waals surface area contributed by atoms with Gasteiger partial charge in [-0.3, -0.25) is 4.79 Å². The summed E-state index contributed by atoms with van der Waals surface area (Å²) >= 11 is 0. The SMILES string of the molecule is COC(=O)/C=C(/C)c1ccc(C=O)cc1. The van der Waals surface area contributed by atoms with Crippen molar-refractivity contribution in [1.29, 1.82) is 0 Å². The molecule has 0 aliphatic rings. The molecule has 0 spiro atoms. The fourth-order valence-corrected chi connectivity index (χ4v) is 1.14. The van der Waals surface area contributed by atoms with E-state index in [9.17, 15) is 9.59 Å². The van der Waals surface area contributed by atoms with Gasteiger partial charge < -0.3 is 4.74 Å². The van der Waals surface area contributed by atoms with E-state index in [1.807, 2.05) is 6.92 Å². The first kappa shape index (κ1) is 11.2. The molecular formula is C12H12O3. The standard InChI is InChI=1S/C12H12O3/c1-9(7-12(14)15-2)11-5-3-10(8-13)4-6-11/h3-8H,1-2H3/b9-7-. The van der Waals surface area contributed by atoms with Gasteiger partial charge in [0.15, 0.2) is 0 Å². The van der Waals surface area contributed by atoms with E-state index in [0.717, 1.165) is 17.4 Å². The Labute approximate surface area is 88.4 Å². The normalized spacial score (nSPS) is 10.9. The predicted octanol–water partition coefficient (Wildman–Crippen LogP) is 2.08. The van der Waals surface area contributed by atoms with Crippen LogP contribution in [0.4, 0.5) is 0 Å². The number of benzene rings is 1. The molecule has 1 rings (SSSR count). The van der Waals surface area contributed by atoms with Crippen molar-refractivity contribution in [3.8, 4) is 0 Å². The molecule has 0 fully saturated rings. The average molecular weight is 204 g/mol. The van der Waals surface area contributed by atoms with Crippen molar-refractivity contribution in [2.24, 2.45) is 0 Å². The van der Waals surface area contributed by atoms with E-state index in [1.165, 1.54) is 13.2 Å². The largest absolute Gasteiger partial charge is 0.466 e. The number of hydrogen-bond donors (Lipinski definition) is 0. The molecule has 0 aliphatic heterocycles. The molecule has 1 aromatic carbocycles. The summed E-state index contributed by atoms with van der Waals surface area (Å²) in [6, 6.07) is 6.99. The second-order valence-electron chi connectivity index (χ2n) is 3.09. The van der Waals surface area contributed by atoms with Gasteiger partial charge in [0.2, 0.25) is 0 Å². The molecule has 0 unspecified atom stereocenters. The highest BCUT2D eigenvalue weighted by Crippen LogP contribution is 2.13. The number of methoxy groups -OCH3 is 1. The zero-order chi connectivity index (χ0) is 11.3. The highest BCUT2D eigenvalue weighted by atomic mass is 16.5. The van der Waals surface area contributed by atoms with Crippen LogP contribution in [0.3, 0.4) is 0 Å². The average Bonchev–Trinajstić information content (AvgIpc) is 2.29. The summed E-state index contributed by atoms with van der Waals surface area (Å²) in [5, 5.41) is 0. The Bertz CT molecular complexity index is 388.